The van der Waals surface area contributed by atoms with E-state index >= 15 is 0 Å². The van der Waals surface area contributed by atoms with Gasteiger partial charge in [-0.25, -0.2) is 13.8 Å². The molecule has 6 nitrogen and oxygen atoms in total. The number of halogens is 6. The molecule has 4 rings (SSSR count). The van der Waals surface area contributed by atoms with Crippen molar-refractivity contribution in [1.82, 2.24) is 10.3 Å². The summed E-state index contributed by atoms with van der Waals surface area (Å²) in [4.78, 5) is 24.8. The lowest BCUT2D eigenvalue weighted by Crippen LogP contribution is -2.43. The number of hydrogen-bond donors (Lipinski definition) is 2. The van der Waals surface area contributed by atoms with Crippen molar-refractivity contribution < 1.29 is 41.0 Å². The molecular formula is C22H19ClF5N3O3. The van der Waals surface area contributed by atoms with Crippen LogP contribution >= 0.6 is 11.6 Å². The molecule has 0 spiro atoms. The highest BCUT2D eigenvalue weighted by Crippen LogP contribution is 2.33. The van der Waals surface area contributed by atoms with Gasteiger partial charge in [0, 0.05) is 29.5 Å². The Bertz CT molecular complexity index is 1190. The third-order valence-electron chi connectivity index (χ3n) is 5.21. The number of benzene rings is 1. The van der Waals surface area contributed by atoms with E-state index in [1.54, 1.807) is 16.7 Å². The highest BCUT2D eigenvalue weighted by Gasteiger charge is 2.36. The molecule has 2 heterocycles. The predicted octanol–water partition coefficient (Wildman–Crippen LogP) is 3.68. The average Bonchev–Trinajstić information content (AvgIpc) is 3.15. The number of nitrogens with zero attached hydrogens (tertiary/aromatic N) is 1. The lowest BCUT2D eigenvalue weighted by atomic mass is 9.92. The minimum atomic E-state index is -5.19. The number of imidazole rings is 1. The molecule has 1 fully saturated rings. The van der Waals surface area contributed by atoms with Gasteiger partial charge in [-0.1, -0.05) is 29.8 Å². The first-order valence-corrected chi connectivity index (χ1v) is 10.5. The molecule has 182 valence electrons. The SMILES string of the molecule is O=C(NC1CCC(F)(F)CC1)c1[nH]c(-c2cccc(Cl)c2)c2cccc[n+]12.O=C([O-])C(F)(F)F. The topological polar surface area (TPSA) is 89.1 Å². The lowest BCUT2D eigenvalue weighted by Gasteiger charge is -2.28. The van der Waals surface area contributed by atoms with Crippen LogP contribution in [0.2, 0.25) is 5.02 Å². The molecule has 0 aliphatic heterocycles. The van der Waals surface area contributed by atoms with Crippen LogP contribution in [0.3, 0.4) is 0 Å². The molecule has 3 aromatic rings. The van der Waals surface area contributed by atoms with Crippen LogP contribution < -0.4 is 14.8 Å². The molecule has 1 aromatic carbocycles. The lowest BCUT2D eigenvalue weighted by molar-refractivity contribution is -0.514. The van der Waals surface area contributed by atoms with Crippen LogP contribution in [-0.2, 0) is 4.79 Å². The van der Waals surface area contributed by atoms with Crippen molar-refractivity contribution >= 4 is 29.0 Å². The first kappa shape index (κ1) is 25.4. The highest BCUT2D eigenvalue weighted by atomic mass is 35.5. The van der Waals surface area contributed by atoms with Crippen molar-refractivity contribution in [3.8, 4) is 11.3 Å². The van der Waals surface area contributed by atoms with Crippen molar-refractivity contribution in [1.29, 1.82) is 0 Å². The van der Waals surface area contributed by atoms with Crippen LogP contribution in [0, 0.1) is 0 Å². The van der Waals surface area contributed by atoms with Crippen LogP contribution in [0.25, 0.3) is 16.8 Å². The van der Waals surface area contributed by atoms with Gasteiger partial charge in [0.2, 0.25) is 5.92 Å². The van der Waals surface area contributed by atoms with Gasteiger partial charge >= 0.3 is 17.9 Å². The first-order valence-electron chi connectivity index (χ1n) is 10.1. The summed E-state index contributed by atoms with van der Waals surface area (Å²) in [6, 6.07) is 12.8. The standard InChI is InChI=1S/C20H18ClF2N3O.C2HF3O2/c21-14-5-3-4-13(12-14)17-16-6-1-2-11-26(16)18(25-17)19(27)24-15-7-9-20(22,23)10-8-15;3-2(4,5)1(6)7/h1-6,11-12,15H,7-10H2,(H,24,27);(H,6,7). The summed E-state index contributed by atoms with van der Waals surface area (Å²) in [6.45, 7) is 0. The Balaban J connectivity index is 0.000000406. The largest absolute Gasteiger partial charge is 0.542 e. The van der Waals surface area contributed by atoms with E-state index in [-0.39, 0.29) is 37.6 Å². The van der Waals surface area contributed by atoms with Gasteiger partial charge in [-0.3, -0.25) is 4.79 Å². The molecule has 1 saturated carbocycles. The van der Waals surface area contributed by atoms with Gasteiger partial charge in [0.05, 0.1) is 6.20 Å². The summed E-state index contributed by atoms with van der Waals surface area (Å²) in [5, 5.41) is 12.3. The molecule has 0 radical (unpaired) electrons. The monoisotopic (exact) mass is 503 g/mol. The third kappa shape index (κ3) is 6.22. The van der Waals surface area contributed by atoms with Crippen molar-refractivity contribution in [2.45, 2.75) is 43.8 Å². The molecule has 2 aromatic heterocycles. The number of aliphatic carboxylic acids is 1. The van der Waals surface area contributed by atoms with Gasteiger partial charge in [0.1, 0.15) is 5.97 Å². The van der Waals surface area contributed by atoms with Gasteiger partial charge in [0.25, 0.3) is 0 Å². The molecule has 1 aliphatic rings. The van der Waals surface area contributed by atoms with Crippen LogP contribution in [0.1, 0.15) is 36.3 Å². The van der Waals surface area contributed by atoms with Crippen molar-refractivity contribution in [2.24, 2.45) is 0 Å². The van der Waals surface area contributed by atoms with E-state index < -0.39 is 18.1 Å². The van der Waals surface area contributed by atoms with Crippen molar-refractivity contribution in [2.75, 3.05) is 0 Å². The van der Waals surface area contributed by atoms with Gasteiger partial charge in [-0.15, -0.1) is 0 Å². The van der Waals surface area contributed by atoms with Crippen LogP contribution in [-0.4, -0.2) is 35.0 Å². The minimum absolute atomic E-state index is 0.190. The maximum Gasteiger partial charge on any atom is 0.430 e. The van der Waals surface area contributed by atoms with Crippen LogP contribution in [0.15, 0.2) is 48.7 Å². The summed E-state index contributed by atoms with van der Waals surface area (Å²) in [5.74, 6) is -5.57. The van der Waals surface area contributed by atoms with E-state index in [2.05, 4.69) is 10.3 Å². The molecule has 34 heavy (non-hydrogen) atoms. The summed E-state index contributed by atoms with van der Waals surface area (Å²) < 4.78 is 60.0. The van der Waals surface area contributed by atoms with Crippen LogP contribution in [0.5, 0.6) is 0 Å². The first-order chi connectivity index (χ1) is 15.9. The summed E-state index contributed by atoms with van der Waals surface area (Å²) in [6.07, 6.45) is -3.22. The molecule has 1 amide bonds. The van der Waals surface area contributed by atoms with Gasteiger partial charge in [0.15, 0.2) is 11.2 Å². The van der Waals surface area contributed by atoms with Crippen molar-refractivity contribution in [3.63, 3.8) is 0 Å². The van der Waals surface area contributed by atoms with Crippen molar-refractivity contribution in [3.05, 3.63) is 59.5 Å². The van der Waals surface area contributed by atoms with E-state index in [1.165, 1.54) is 0 Å². The second-order valence-electron chi connectivity index (χ2n) is 7.70. The zero-order chi connectivity index (χ0) is 25.1. The average molecular weight is 504 g/mol. The Hall–Kier alpha value is -3.21. The smallest absolute Gasteiger partial charge is 0.430 e. The number of nitrogens with one attached hydrogen (secondary N) is 2. The number of hydrogen-bond acceptors (Lipinski definition) is 3. The van der Waals surface area contributed by atoms with E-state index in [9.17, 15) is 26.7 Å². The summed E-state index contributed by atoms with van der Waals surface area (Å²) >= 11 is 6.11. The second-order valence-corrected chi connectivity index (χ2v) is 8.14. The molecule has 12 heteroatoms. The zero-order valence-corrected chi connectivity index (χ0v) is 18.2. The molecule has 0 unspecified atom stereocenters. The quantitative estimate of drug-likeness (QED) is 0.422. The summed E-state index contributed by atoms with van der Waals surface area (Å²) in [5.41, 5.74) is 2.47. The fourth-order valence-electron chi connectivity index (χ4n) is 3.55. The highest BCUT2D eigenvalue weighted by molar-refractivity contribution is 6.30. The third-order valence-corrected chi connectivity index (χ3v) is 5.45. The maximum atomic E-state index is 13.3. The predicted molar refractivity (Wildman–Crippen MR) is 110 cm³/mol. The summed E-state index contributed by atoms with van der Waals surface area (Å²) in [7, 11) is 0. The van der Waals surface area contributed by atoms with Gasteiger partial charge < -0.3 is 15.2 Å². The number of fused-ring (bicyclic) bond motifs is 1. The van der Waals surface area contributed by atoms with E-state index in [0.717, 1.165) is 16.8 Å². The number of carbonyl (C=O) groups excluding carboxylic acids is 2. The number of aromatic amines is 1. The normalized spacial score (nSPS) is 15.9. The number of amides is 1. The Morgan fingerprint density at radius 2 is 1.76 bits per heavy atom. The molecule has 0 atom stereocenters. The molecule has 0 bridgehead atoms. The number of rotatable bonds is 3. The van der Waals surface area contributed by atoms with Gasteiger partial charge in [-0.2, -0.15) is 17.6 Å². The van der Waals surface area contributed by atoms with Gasteiger partial charge in [-0.05, 0) is 37.1 Å². The number of pyridine rings is 1. The number of H-pyrrole nitrogens is 1. The number of carbonyl (C=O) groups is 2. The number of aromatic nitrogens is 2. The van der Waals surface area contributed by atoms with Crippen LogP contribution in [0.4, 0.5) is 22.0 Å². The fraction of sp³-hybridized carbons (Fsp3) is 0.318. The number of carboxylic acids is 1. The van der Waals surface area contributed by atoms with E-state index in [1.807, 2.05) is 36.4 Å². The molecule has 1 aliphatic carbocycles. The maximum absolute atomic E-state index is 13.3. The fourth-order valence-corrected chi connectivity index (χ4v) is 3.74. The zero-order valence-electron chi connectivity index (χ0n) is 17.5. The van der Waals surface area contributed by atoms with E-state index in [4.69, 9.17) is 21.5 Å². The Labute approximate surface area is 195 Å². The molecular weight excluding hydrogens is 485 g/mol. The Kier molecular flexibility index (Phi) is 7.44. The minimum Gasteiger partial charge on any atom is -0.542 e. The molecule has 2 N–H and O–H groups in total. The number of alkyl halides is 5. The van der Waals surface area contributed by atoms with E-state index in [0.29, 0.717) is 10.8 Å². The number of carboxylic acid groups (broad SMARTS) is 1. The molecule has 0 saturated heterocycles. The second kappa shape index (κ2) is 9.96. The Morgan fingerprint density at radius 1 is 1.12 bits per heavy atom. The Morgan fingerprint density at radius 3 is 2.35 bits per heavy atom.